The van der Waals surface area contributed by atoms with Gasteiger partial charge in [-0.25, -0.2) is 0 Å². The average Bonchev–Trinajstić information content (AvgIpc) is 2.37. The molecule has 1 amide bonds. The fourth-order valence-electron chi connectivity index (χ4n) is 1.13. The second-order valence-electron chi connectivity index (χ2n) is 3.33. The van der Waals surface area contributed by atoms with Crippen molar-refractivity contribution in [2.75, 3.05) is 13.7 Å². The van der Waals surface area contributed by atoms with Crippen molar-refractivity contribution in [1.82, 2.24) is 5.32 Å². The van der Waals surface area contributed by atoms with Gasteiger partial charge in [0.25, 0.3) is 5.91 Å². The molecule has 1 aromatic carbocycles. The molecule has 7 heteroatoms. The monoisotopic (exact) mass is 397 g/mol. The summed E-state index contributed by atoms with van der Waals surface area (Å²) >= 11 is 12.2. The molecule has 18 heavy (non-hydrogen) atoms. The smallest absolute Gasteiger partial charge is 0.321 e. The molecule has 0 aliphatic rings. The van der Waals surface area contributed by atoms with Crippen molar-refractivity contribution in [3.05, 3.63) is 33.3 Å². The SMILES string of the molecule is COC(=O)C(Br)CNC(=O)c1ccc(Br)c(Cl)c1. The zero-order valence-corrected chi connectivity index (χ0v) is 13.3. The van der Waals surface area contributed by atoms with Crippen molar-refractivity contribution in [2.45, 2.75) is 4.83 Å². The molecule has 0 saturated heterocycles. The molecule has 0 aliphatic heterocycles. The van der Waals surface area contributed by atoms with E-state index in [1.165, 1.54) is 7.11 Å². The molecule has 0 aliphatic carbocycles. The highest BCUT2D eigenvalue weighted by Gasteiger charge is 2.16. The number of benzene rings is 1. The fraction of sp³-hybridized carbons (Fsp3) is 0.273. The number of hydrogen-bond donors (Lipinski definition) is 1. The van der Waals surface area contributed by atoms with E-state index in [0.29, 0.717) is 15.1 Å². The molecule has 1 rings (SSSR count). The summed E-state index contributed by atoms with van der Waals surface area (Å²) in [5, 5.41) is 3.05. The Hall–Kier alpha value is -0.590. The van der Waals surface area contributed by atoms with Crippen LogP contribution in [0.4, 0.5) is 0 Å². The summed E-state index contributed by atoms with van der Waals surface area (Å²) in [5.41, 5.74) is 0.424. The largest absolute Gasteiger partial charge is 0.468 e. The van der Waals surface area contributed by atoms with Gasteiger partial charge in [0, 0.05) is 16.6 Å². The van der Waals surface area contributed by atoms with E-state index in [2.05, 4.69) is 41.9 Å². The van der Waals surface area contributed by atoms with E-state index < -0.39 is 10.8 Å². The molecular weight excluding hydrogens is 389 g/mol. The lowest BCUT2D eigenvalue weighted by atomic mass is 10.2. The van der Waals surface area contributed by atoms with Crippen molar-refractivity contribution in [2.24, 2.45) is 0 Å². The summed E-state index contributed by atoms with van der Waals surface area (Å²) < 4.78 is 5.24. The van der Waals surface area contributed by atoms with Gasteiger partial charge in [-0.15, -0.1) is 0 Å². The third kappa shape index (κ3) is 4.26. The number of hydrogen-bond acceptors (Lipinski definition) is 3. The lowest BCUT2D eigenvalue weighted by Gasteiger charge is -2.09. The Kier molecular flexibility index (Phi) is 6.11. The first-order valence-electron chi connectivity index (χ1n) is 4.91. The molecule has 0 fully saturated rings. The van der Waals surface area contributed by atoms with Crippen LogP contribution in [0.3, 0.4) is 0 Å². The maximum absolute atomic E-state index is 11.8. The number of ether oxygens (including phenoxy) is 1. The van der Waals surface area contributed by atoms with Gasteiger partial charge in [0.2, 0.25) is 0 Å². The summed E-state index contributed by atoms with van der Waals surface area (Å²) in [6, 6.07) is 4.86. The summed E-state index contributed by atoms with van der Waals surface area (Å²) in [4.78, 5) is 22.3. The van der Waals surface area contributed by atoms with Crippen LogP contribution in [0.1, 0.15) is 10.4 Å². The lowest BCUT2D eigenvalue weighted by Crippen LogP contribution is -2.33. The van der Waals surface area contributed by atoms with E-state index in [9.17, 15) is 9.59 Å². The molecule has 1 unspecified atom stereocenters. The highest BCUT2D eigenvalue weighted by molar-refractivity contribution is 9.10. The minimum Gasteiger partial charge on any atom is -0.468 e. The number of nitrogens with one attached hydrogen (secondary N) is 1. The number of esters is 1. The predicted octanol–water partition coefficient (Wildman–Crippen LogP) is 2.77. The molecule has 4 nitrogen and oxygen atoms in total. The van der Waals surface area contributed by atoms with Gasteiger partial charge in [-0.1, -0.05) is 27.5 Å². The molecule has 0 heterocycles. The standard InChI is InChI=1S/C11H10Br2ClNO3/c1-18-11(17)8(13)5-15-10(16)6-2-3-7(12)9(14)4-6/h2-4,8H,5H2,1H3,(H,15,16). The van der Waals surface area contributed by atoms with Gasteiger partial charge in [0.15, 0.2) is 0 Å². The number of amides is 1. The first-order valence-corrected chi connectivity index (χ1v) is 6.99. The van der Waals surface area contributed by atoms with Gasteiger partial charge in [0.1, 0.15) is 4.83 Å². The molecule has 0 radical (unpaired) electrons. The molecule has 0 bridgehead atoms. The topological polar surface area (TPSA) is 55.4 Å². The van der Waals surface area contributed by atoms with Crippen LogP contribution in [0.2, 0.25) is 5.02 Å². The zero-order valence-electron chi connectivity index (χ0n) is 9.38. The van der Waals surface area contributed by atoms with E-state index in [1.54, 1.807) is 18.2 Å². The highest BCUT2D eigenvalue weighted by atomic mass is 79.9. The van der Waals surface area contributed by atoms with Crippen molar-refractivity contribution in [1.29, 1.82) is 0 Å². The number of carbonyl (C=O) groups excluding carboxylic acids is 2. The van der Waals surface area contributed by atoms with E-state index in [-0.39, 0.29) is 12.5 Å². The number of alkyl halides is 1. The molecule has 0 saturated carbocycles. The Labute approximate surface area is 126 Å². The molecule has 98 valence electrons. The summed E-state index contributed by atoms with van der Waals surface area (Å²) in [6.45, 7) is 0.138. The van der Waals surface area contributed by atoms with Gasteiger partial charge in [-0.2, -0.15) is 0 Å². The normalized spacial score (nSPS) is 11.8. The van der Waals surface area contributed by atoms with Crippen LogP contribution in [0, 0.1) is 0 Å². The molecule has 0 spiro atoms. The zero-order chi connectivity index (χ0) is 13.7. The molecule has 1 N–H and O–H groups in total. The Morgan fingerprint density at radius 2 is 2.17 bits per heavy atom. The fourth-order valence-corrected chi connectivity index (χ4v) is 1.91. The van der Waals surface area contributed by atoms with Gasteiger partial charge >= 0.3 is 5.97 Å². The van der Waals surface area contributed by atoms with Crippen molar-refractivity contribution >= 4 is 55.3 Å². The van der Waals surface area contributed by atoms with Crippen LogP contribution in [-0.2, 0) is 9.53 Å². The number of rotatable bonds is 4. The minimum absolute atomic E-state index is 0.138. The molecular formula is C11H10Br2ClNO3. The molecule has 1 aromatic rings. The Bertz CT molecular complexity index is 468. The number of halogens is 3. The van der Waals surface area contributed by atoms with Crippen molar-refractivity contribution < 1.29 is 14.3 Å². The van der Waals surface area contributed by atoms with Gasteiger partial charge < -0.3 is 10.1 Å². The van der Waals surface area contributed by atoms with Gasteiger partial charge in [-0.05, 0) is 34.1 Å². The maximum Gasteiger partial charge on any atom is 0.321 e. The Morgan fingerprint density at radius 3 is 2.72 bits per heavy atom. The second-order valence-corrected chi connectivity index (χ2v) is 5.70. The van der Waals surface area contributed by atoms with Crippen LogP contribution in [0.5, 0.6) is 0 Å². The number of methoxy groups -OCH3 is 1. The molecule has 0 aromatic heterocycles. The molecule has 1 atom stereocenters. The van der Waals surface area contributed by atoms with Crippen LogP contribution in [-0.4, -0.2) is 30.4 Å². The predicted molar refractivity (Wildman–Crippen MR) is 76.2 cm³/mol. The number of carbonyl (C=O) groups is 2. The van der Waals surface area contributed by atoms with E-state index >= 15 is 0 Å². The lowest BCUT2D eigenvalue weighted by molar-refractivity contribution is -0.139. The van der Waals surface area contributed by atoms with Crippen LogP contribution >= 0.6 is 43.5 Å². The maximum atomic E-state index is 11.8. The van der Waals surface area contributed by atoms with Crippen LogP contribution in [0.15, 0.2) is 22.7 Å². The van der Waals surface area contributed by atoms with Crippen molar-refractivity contribution in [3.63, 3.8) is 0 Å². The van der Waals surface area contributed by atoms with Gasteiger partial charge in [0.05, 0.1) is 12.1 Å². The minimum atomic E-state index is -0.572. The highest BCUT2D eigenvalue weighted by Crippen LogP contribution is 2.23. The van der Waals surface area contributed by atoms with Gasteiger partial charge in [-0.3, -0.25) is 9.59 Å². The third-order valence-corrected chi connectivity index (χ3v) is 4.01. The summed E-state index contributed by atoms with van der Waals surface area (Å²) in [5.74, 6) is -0.748. The first-order chi connectivity index (χ1) is 8.45. The second kappa shape index (κ2) is 7.11. The van der Waals surface area contributed by atoms with Crippen molar-refractivity contribution in [3.8, 4) is 0 Å². The Morgan fingerprint density at radius 1 is 1.50 bits per heavy atom. The van der Waals surface area contributed by atoms with Crippen LogP contribution in [0.25, 0.3) is 0 Å². The first kappa shape index (κ1) is 15.5. The summed E-state index contributed by atoms with van der Waals surface area (Å²) in [6.07, 6.45) is 0. The van der Waals surface area contributed by atoms with E-state index in [0.717, 1.165) is 0 Å². The third-order valence-electron chi connectivity index (χ3n) is 2.08. The quantitative estimate of drug-likeness (QED) is 0.626. The van der Waals surface area contributed by atoms with E-state index in [1.807, 2.05) is 0 Å². The van der Waals surface area contributed by atoms with E-state index in [4.69, 9.17) is 11.6 Å². The van der Waals surface area contributed by atoms with Crippen LogP contribution < -0.4 is 5.32 Å². The summed E-state index contributed by atoms with van der Waals surface area (Å²) in [7, 11) is 1.28. The Balaban J connectivity index is 2.60. The average molecular weight is 399 g/mol.